The molecule has 0 radical (unpaired) electrons. The summed E-state index contributed by atoms with van der Waals surface area (Å²) in [6, 6.07) is 37.1. The average Bonchev–Trinajstić information content (AvgIpc) is 3.38. The molecule has 0 aliphatic heterocycles. The van der Waals surface area contributed by atoms with Crippen LogP contribution in [0.15, 0.2) is 138 Å². The van der Waals surface area contributed by atoms with Crippen LogP contribution in [0.1, 0.15) is 20.7 Å². The van der Waals surface area contributed by atoms with E-state index in [1.807, 2.05) is 72.8 Å². The van der Waals surface area contributed by atoms with Crippen LogP contribution in [0.25, 0.3) is 16.3 Å². The highest BCUT2D eigenvalue weighted by Crippen LogP contribution is 2.21. The molecule has 1 aromatic heterocycles. The standard InChI is InChI=1S/C30H21N3O2S/c34-27(22-13-5-1-6-14-22)21-26(28(35)23-15-7-2-8-16-23)31-30-33(25-19-11-4-12-20-25)32-29(36-30)24-17-9-3-10-18-24/h1-21H. The van der Waals surface area contributed by atoms with Gasteiger partial charge in [0.2, 0.25) is 10.6 Å². The number of rotatable bonds is 7. The Morgan fingerprint density at radius 2 is 1.22 bits per heavy atom. The highest BCUT2D eigenvalue weighted by molar-refractivity contribution is 7.12. The van der Waals surface area contributed by atoms with Crippen molar-refractivity contribution in [1.29, 1.82) is 0 Å². The molecular weight excluding hydrogens is 466 g/mol. The van der Waals surface area contributed by atoms with Crippen LogP contribution in [0.5, 0.6) is 0 Å². The van der Waals surface area contributed by atoms with Crippen LogP contribution in [-0.2, 0) is 0 Å². The van der Waals surface area contributed by atoms with Gasteiger partial charge in [0.1, 0.15) is 10.7 Å². The maximum Gasteiger partial charge on any atom is 0.213 e. The Balaban J connectivity index is 1.69. The van der Waals surface area contributed by atoms with E-state index in [9.17, 15) is 9.59 Å². The summed E-state index contributed by atoms with van der Waals surface area (Å²) in [5.74, 6) is -0.633. The van der Waals surface area contributed by atoms with E-state index in [-0.39, 0.29) is 17.3 Å². The summed E-state index contributed by atoms with van der Waals surface area (Å²) < 4.78 is 1.70. The van der Waals surface area contributed by atoms with Gasteiger partial charge in [-0.05, 0) is 12.1 Å². The second-order valence-corrected chi connectivity index (χ2v) is 8.83. The number of benzene rings is 4. The molecule has 5 aromatic rings. The van der Waals surface area contributed by atoms with Gasteiger partial charge < -0.3 is 0 Å². The van der Waals surface area contributed by atoms with Crippen LogP contribution in [0, 0.1) is 0 Å². The summed E-state index contributed by atoms with van der Waals surface area (Å²) >= 11 is 1.35. The molecule has 0 saturated heterocycles. The Labute approximate surface area is 212 Å². The van der Waals surface area contributed by atoms with Crippen LogP contribution in [0.3, 0.4) is 0 Å². The summed E-state index contributed by atoms with van der Waals surface area (Å²) in [6.45, 7) is 0. The zero-order valence-electron chi connectivity index (χ0n) is 19.2. The van der Waals surface area contributed by atoms with Crippen molar-refractivity contribution in [3.8, 4) is 16.3 Å². The van der Waals surface area contributed by atoms with Crippen molar-refractivity contribution in [2.45, 2.75) is 0 Å². The molecule has 174 valence electrons. The minimum absolute atomic E-state index is 0.0444. The van der Waals surface area contributed by atoms with Crippen molar-refractivity contribution in [2.24, 2.45) is 4.99 Å². The first-order valence-corrected chi connectivity index (χ1v) is 12.2. The molecule has 4 aromatic carbocycles. The molecule has 6 heteroatoms. The van der Waals surface area contributed by atoms with Crippen molar-refractivity contribution >= 4 is 22.9 Å². The Morgan fingerprint density at radius 3 is 1.83 bits per heavy atom. The van der Waals surface area contributed by atoms with E-state index < -0.39 is 0 Å². The number of ketones is 2. The minimum atomic E-state index is -0.339. The van der Waals surface area contributed by atoms with Gasteiger partial charge in [-0.2, -0.15) is 5.10 Å². The predicted molar refractivity (Wildman–Crippen MR) is 142 cm³/mol. The van der Waals surface area contributed by atoms with Gasteiger partial charge in [0.05, 0.1) is 5.69 Å². The van der Waals surface area contributed by atoms with E-state index in [2.05, 4.69) is 0 Å². The van der Waals surface area contributed by atoms with Crippen LogP contribution < -0.4 is 4.80 Å². The van der Waals surface area contributed by atoms with E-state index in [1.54, 1.807) is 53.2 Å². The smallest absolute Gasteiger partial charge is 0.213 e. The minimum Gasteiger partial charge on any atom is -0.289 e. The van der Waals surface area contributed by atoms with E-state index in [4.69, 9.17) is 10.1 Å². The lowest BCUT2D eigenvalue weighted by Gasteiger charge is -2.04. The van der Waals surface area contributed by atoms with E-state index in [0.29, 0.717) is 15.9 Å². The summed E-state index contributed by atoms with van der Waals surface area (Å²) in [7, 11) is 0. The first-order chi connectivity index (χ1) is 17.7. The number of carbonyl (C=O) groups excluding carboxylic acids is 2. The summed E-state index contributed by atoms with van der Waals surface area (Å²) in [5.41, 5.74) is 2.72. The molecule has 0 saturated carbocycles. The molecule has 0 fully saturated rings. The van der Waals surface area contributed by atoms with Gasteiger partial charge >= 0.3 is 0 Å². The molecule has 36 heavy (non-hydrogen) atoms. The summed E-state index contributed by atoms with van der Waals surface area (Å²) in [4.78, 5) is 31.8. The van der Waals surface area contributed by atoms with Gasteiger partial charge in [0.25, 0.3) is 0 Å². The monoisotopic (exact) mass is 487 g/mol. The number of Topliss-reactive ketones (excluding diaryl/α,β-unsaturated/α-hetero) is 1. The fourth-order valence-corrected chi connectivity index (χ4v) is 4.51. The molecule has 0 atom stereocenters. The van der Waals surface area contributed by atoms with Gasteiger partial charge in [-0.1, -0.05) is 121 Å². The highest BCUT2D eigenvalue weighted by Gasteiger charge is 2.16. The van der Waals surface area contributed by atoms with Crippen LogP contribution >= 0.6 is 11.3 Å². The Bertz CT molecular complexity index is 1590. The molecule has 0 bridgehead atoms. The lowest BCUT2D eigenvalue weighted by atomic mass is 10.1. The molecule has 0 N–H and O–H groups in total. The number of allylic oxidation sites excluding steroid dienone is 2. The quantitative estimate of drug-likeness (QED) is 0.204. The van der Waals surface area contributed by atoms with E-state index in [0.717, 1.165) is 16.3 Å². The number of para-hydroxylation sites is 1. The van der Waals surface area contributed by atoms with Gasteiger partial charge in [0, 0.05) is 22.8 Å². The Kier molecular flexibility index (Phi) is 6.87. The molecule has 0 unspecified atom stereocenters. The van der Waals surface area contributed by atoms with Crippen LogP contribution in [0.2, 0.25) is 0 Å². The number of nitrogens with zero attached hydrogens (tertiary/aromatic N) is 3. The Hall–Kier alpha value is -4.68. The summed E-state index contributed by atoms with van der Waals surface area (Å²) in [5, 5.41) is 5.54. The van der Waals surface area contributed by atoms with Crippen molar-refractivity contribution in [3.63, 3.8) is 0 Å². The maximum atomic E-state index is 13.5. The molecule has 0 spiro atoms. The molecule has 0 aliphatic rings. The van der Waals surface area contributed by atoms with E-state index >= 15 is 0 Å². The second-order valence-electron chi connectivity index (χ2n) is 7.87. The lowest BCUT2D eigenvalue weighted by molar-refractivity contribution is 0.101. The average molecular weight is 488 g/mol. The third-order valence-electron chi connectivity index (χ3n) is 5.39. The number of hydrogen-bond acceptors (Lipinski definition) is 5. The highest BCUT2D eigenvalue weighted by atomic mass is 32.1. The number of aromatic nitrogens is 2. The SMILES string of the molecule is O=C(C=C(N=c1sc(-c2ccccc2)nn1-c1ccccc1)C(=O)c1ccccc1)c1ccccc1. The third-order valence-corrected chi connectivity index (χ3v) is 6.35. The lowest BCUT2D eigenvalue weighted by Crippen LogP contribution is -2.17. The first kappa shape index (κ1) is 23.1. The molecule has 1 heterocycles. The van der Waals surface area contributed by atoms with Crippen molar-refractivity contribution < 1.29 is 9.59 Å². The summed E-state index contributed by atoms with van der Waals surface area (Å²) in [6.07, 6.45) is 1.31. The molecule has 5 rings (SSSR count). The number of carbonyl (C=O) groups is 2. The molecular formula is C30H21N3O2S. The fourth-order valence-electron chi connectivity index (χ4n) is 3.59. The zero-order chi connectivity index (χ0) is 24.7. The Morgan fingerprint density at radius 1 is 0.694 bits per heavy atom. The maximum absolute atomic E-state index is 13.5. The normalized spacial score (nSPS) is 11.9. The molecule has 0 aliphatic carbocycles. The largest absolute Gasteiger partial charge is 0.289 e. The van der Waals surface area contributed by atoms with Crippen LogP contribution in [0.4, 0.5) is 0 Å². The van der Waals surface area contributed by atoms with Crippen molar-refractivity contribution in [2.75, 3.05) is 0 Å². The van der Waals surface area contributed by atoms with Crippen molar-refractivity contribution in [1.82, 2.24) is 9.78 Å². The number of hydrogen-bond donors (Lipinski definition) is 0. The van der Waals surface area contributed by atoms with E-state index in [1.165, 1.54) is 17.4 Å². The molecule has 0 amide bonds. The molecule has 5 nitrogen and oxygen atoms in total. The van der Waals surface area contributed by atoms with Gasteiger partial charge in [0.15, 0.2) is 5.78 Å². The van der Waals surface area contributed by atoms with Gasteiger partial charge in [-0.25, -0.2) is 9.67 Å². The van der Waals surface area contributed by atoms with Crippen molar-refractivity contribution in [3.05, 3.63) is 149 Å². The van der Waals surface area contributed by atoms with Gasteiger partial charge in [-0.15, -0.1) is 0 Å². The third kappa shape index (κ3) is 5.19. The first-order valence-electron chi connectivity index (χ1n) is 11.4. The van der Waals surface area contributed by atoms with Crippen LogP contribution in [-0.4, -0.2) is 21.3 Å². The topological polar surface area (TPSA) is 64.3 Å². The second kappa shape index (κ2) is 10.7. The fraction of sp³-hybridized carbons (Fsp3) is 0. The predicted octanol–water partition coefficient (Wildman–Crippen LogP) is 6.15. The van der Waals surface area contributed by atoms with Gasteiger partial charge in [-0.3, -0.25) is 9.59 Å². The zero-order valence-corrected chi connectivity index (χ0v) is 20.0.